The molecule has 0 amide bonds. The highest BCUT2D eigenvalue weighted by Gasteiger charge is 2.44. The van der Waals surface area contributed by atoms with E-state index in [9.17, 15) is 0 Å². The molecule has 2 N–H and O–H groups in total. The van der Waals surface area contributed by atoms with Gasteiger partial charge in [-0.3, -0.25) is 0 Å². The minimum absolute atomic E-state index is 0.204. The maximum absolute atomic E-state index is 6.68. The van der Waals surface area contributed by atoms with Gasteiger partial charge in [-0.1, -0.05) is 37.3 Å². The third kappa shape index (κ3) is 2.64. The summed E-state index contributed by atoms with van der Waals surface area (Å²) in [5.41, 5.74) is 8.28. The van der Waals surface area contributed by atoms with Crippen molar-refractivity contribution in [3.63, 3.8) is 0 Å². The number of nitrogens with two attached hydrogens (primary N) is 1. The van der Waals surface area contributed by atoms with Gasteiger partial charge in [0.25, 0.3) is 0 Å². The van der Waals surface area contributed by atoms with E-state index in [0.29, 0.717) is 11.8 Å². The van der Waals surface area contributed by atoms with E-state index in [4.69, 9.17) is 10.5 Å². The first-order valence-corrected chi connectivity index (χ1v) is 8.18. The van der Waals surface area contributed by atoms with Gasteiger partial charge in [0.2, 0.25) is 0 Å². The van der Waals surface area contributed by atoms with Crippen molar-refractivity contribution >= 4 is 0 Å². The Bertz CT molecular complexity index is 426. The summed E-state index contributed by atoms with van der Waals surface area (Å²) in [5.74, 6) is 1.10. The van der Waals surface area contributed by atoms with Gasteiger partial charge in [0.1, 0.15) is 0 Å². The van der Waals surface area contributed by atoms with E-state index in [2.05, 4.69) is 37.3 Å². The van der Waals surface area contributed by atoms with Crippen LogP contribution in [-0.4, -0.2) is 18.2 Å². The van der Waals surface area contributed by atoms with Gasteiger partial charge < -0.3 is 10.5 Å². The second-order valence-electron chi connectivity index (χ2n) is 6.64. The fourth-order valence-electron chi connectivity index (χ4n) is 4.07. The molecular weight excluding hydrogens is 246 g/mol. The lowest BCUT2D eigenvalue weighted by molar-refractivity contribution is -0.146. The van der Waals surface area contributed by atoms with Gasteiger partial charge in [0.05, 0.1) is 5.60 Å². The molecule has 1 spiro atoms. The summed E-state index contributed by atoms with van der Waals surface area (Å²) in [6.07, 6.45) is 7.26. The number of benzene rings is 1. The predicted molar refractivity (Wildman–Crippen MR) is 82.7 cm³/mol. The van der Waals surface area contributed by atoms with Gasteiger partial charge in [-0.25, -0.2) is 0 Å². The van der Waals surface area contributed by atoms with Crippen molar-refractivity contribution in [3.8, 4) is 0 Å². The van der Waals surface area contributed by atoms with Crippen LogP contribution in [0.4, 0.5) is 0 Å². The van der Waals surface area contributed by atoms with Crippen LogP contribution in [-0.2, 0) is 4.74 Å². The van der Waals surface area contributed by atoms with Crippen molar-refractivity contribution in [2.45, 2.75) is 63.0 Å². The van der Waals surface area contributed by atoms with Gasteiger partial charge >= 0.3 is 0 Å². The van der Waals surface area contributed by atoms with Crippen molar-refractivity contribution in [2.24, 2.45) is 11.7 Å². The van der Waals surface area contributed by atoms with Gasteiger partial charge in [0.15, 0.2) is 0 Å². The third-order valence-corrected chi connectivity index (χ3v) is 5.47. The molecule has 2 heteroatoms. The van der Waals surface area contributed by atoms with E-state index < -0.39 is 0 Å². The first kappa shape index (κ1) is 14.1. The summed E-state index contributed by atoms with van der Waals surface area (Å²) in [5, 5.41) is 0. The lowest BCUT2D eigenvalue weighted by Crippen LogP contribution is -2.50. The standard InChI is InChI=1S/C18H27NO/c1-2-16(14-7-4-3-5-8-14)17(19)15-9-12-20-18(13-15)10-6-11-18/h3-5,7-8,15-17H,2,6,9-13,19H2,1H3. The Labute approximate surface area is 122 Å². The second-order valence-corrected chi connectivity index (χ2v) is 6.64. The van der Waals surface area contributed by atoms with Crippen molar-refractivity contribution in [1.29, 1.82) is 0 Å². The molecule has 0 bridgehead atoms. The molecule has 1 aromatic carbocycles. The quantitative estimate of drug-likeness (QED) is 0.904. The average Bonchev–Trinajstić information content (AvgIpc) is 2.47. The lowest BCUT2D eigenvalue weighted by Gasteiger charge is -2.49. The Kier molecular flexibility index (Phi) is 4.13. The first-order valence-electron chi connectivity index (χ1n) is 8.18. The summed E-state index contributed by atoms with van der Waals surface area (Å²) < 4.78 is 6.05. The molecule has 1 saturated heterocycles. The van der Waals surface area contributed by atoms with Crippen LogP contribution in [0.15, 0.2) is 30.3 Å². The van der Waals surface area contributed by atoms with Crippen molar-refractivity contribution in [3.05, 3.63) is 35.9 Å². The number of hydrogen-bond donors (Lipinski definition) is 1. The molecule has 1 aliphatic heterocycles. The molecule has 1 saturated carbocycles. The first-order chi connectivity index (χ1) is 9.74. The molecule has 2 aliphatic rings. The summed E-state index contributed by atoms with van der Waals surface area (Å²) in [7, 11) is 0. The highest BCUT2D eigenvalue weighted by atomic mass is 16.5. The zero-order valence-electron chi connectivity index (χ0n) is 12.6. The van der Waals surface area contributed by atoms with Gasteiger partial charge in [0, 0.05) is 12.6 Å². The molecule has 1 aliphatic carbocycles. The van der Waals surface area contributed by atoms with Crippen LogP contribution in [0, 0.1) is 5.92 Å². The van der Waals surface area contributed by atoms with E-state index in [1.165, 1.54) is 31.2 Å². The smallest absolute Gasteiger partial charge is 0.0685 e. The van der Waals surface area contributed by atoms with Crippen molar-refractivity contribution in [1.82, 2.24) is 0 Å². The fraction of sp³-hybridized carbons (Fsp3) is 0.667. The molecule has 1 aromatic rings. The Morgan fingerprint density at radius 2 is 2.05 bits per heavy atom. The highest BCUT2D eigenvalue weighted by Crippen LogP contribution is 2.46. The van der Waals surface area contributed by atoms with Crippen LogP contribution in [0.3, 0.4) is 0 Å². The van der Waals surface area contributed by atoms with E-state index in [0.717, 1.165) is 19.4 Å². The van der Waals surface area contributed by atoms with Crippen LogP contribution in [0.2, 0.25) is 0 Å². The summed E-state index contributed by atoms with van der Waals surface area (Å²) in [4.78, 5) is 0. The SMILES string of the molecule is CCC(c1ccccc1)C(N)C1CCOC2(CCC2)C1. The van der Waals surface area contributed by atoms with Gasteiger partial charge in [-0.05, 0) is 55.9 Å². The Balaban J connectivity index is 1.71. The van der Waals surface area contributed by atoms with Crippen molar-refractivity contribution in [2.75, 3.05) is 6.61 Å². The maximum atomic E-state index is 6.68. The summed E-state index contributed by atoms with van der Waals surface area (Å²) in [6, 6.07) is 11.1. The predicted octanol–water partition coefficient (Wildman–Crippen LogP) is 3.86. The molecule has 0 aromatic heterocycles. The van der Waals surface area contributed by atoms with Gasteiger partial charge in [-0.15, -0.1) is 0 Å². The number of ether oxygens (including phenoxy) is 1. The normalized spacial score (nSPS) is 27.8. The second kappa shape index (κ2) is 5.87. The molecule has 2 fully saturated rings. The van der Waals surface area contributed by atoms with Crippen LogP contribution in [0.1, 0.15) is 56.9 Å². The maximum Gasteiger partial charge on any atom is 0.0685 e. The molecule has 1 heterocycles. The monoisotopic (exact) mass is 273 g/mol. The van der Waals surface area contributed by atoms with Crippen molar-refractivity contribution < 1.29 is 4.74 Å². The molecule has 110 valence electrons. The topological polar surface area (TPSA) is 35.2 Å². The van der Waals surface area contributed by atoms with Crippen LogP contribution < -0.4 is 5.73 Å². The summed E-state index contributed by atoms with van der Waals surface area (Å²) >= 11 is 0. The Morgan fingerprint density at radius 3 is 2.65 bits per heavy atom. The highest BCUT2D eigenvalue weighted by molar-refractivity contribution is 5.21. The molecule has 0 radical (unpaired) electrons. The molecule has 3 unspecified atom stereocenters. The van der Waals surface area contributed by atoms with E-state index in [1.807, 2.05) is 0 Å². The molecule has 20 heavy (non-hydrogen) atoms. The van der Waals surface area contributed by atoms with E-state index in [1.54, 1.807) is 0 Å². The van der Waals surface area contributed by atoms with Crippen LogP contribution in [0.25, 0.3) is 0 Å². The minimum Gasteiger partial charge on any atom is -0.375 e. The Morgan fingerprint density at radius 1 is 1.30 bits per heavy atom. The summed E-state index contributed by atoms with van der Waals surface area (Å²) in [6.45, 7) is 3.17. The van der Waals surface area contributed by atoms with Gasteiger partial charge in [-0.2, -0.15) is 0 Å². The average molecular weight is 273 g/mol. The zero-order chi connectivity index (χ0) is 14.0. The number of rotatable bonds is 4. The molecule has 3 atom stereocenters. The molecule has 3 rings (SSSR count). The number of hydrogen-bond acceptors (Lipinski definition) is 2. The minimum atomic E-state index is 0.204. The molecular formula is C18H27NO. The zero-order valence-corrected chi connectivity index (χ0v) is 12.6. The van der Waals surface area contributed by atoms with E-state index >= 15 is 0 Å². The Hall–Kier alpha value is -0.860. The lowest BCUT2D eigenvalue weighted by atomic mass is 9.68. The van der Waals surface area contributed by atoms with Crippen LogP contribution >= 0.6 is 0 Å². The third-order valence-electron chi connectivity index (χ3n) is 5.47. The molecule has 2 nitrogen and oxygen atoms in total. The fourth-order valence-corrected chi connectivity index (χ4v) is 4.07. The largest absolute Gasteiger partial charge is 0.375 e. The van der Waals surface area contributed by atoms with Crippen LogP contribution in [0.5, 0.6) is 0 Å². The van der Waals surface area contributed by atoms with E-state index in [-0.39, 0.29) is 11.6 Å².